The number of carbonyl (C=O) groups is 1. The van der Waals surface area contributed by atoms with Crippen LogP contribution in [0, 0.1) is 0 Å². The highest BCUT2D eigenvalue weighted by Crippen LogP contribution is 2.27. The number of amides is 1. The summed E-state index contributed by atoms with van der Waals surface area (Å²) >= 11 is 0. The van der Waals surface area contributed by atoms with Gasteiger partial charge >= 0.3 is 0 Å². The zero-order chi connectivity index (χ0) is 13.2. The Kier molecular flexibility index (Phi) is 3.38. The van der Waals surface area contributed by atoms with Crippen LogP contribution in [-0.2, 0) is 0 Å². The summed E-state index contributed by atoms with van der Waals surface area (Å²) in [5, 5.41) is 2.97. The molecule has 1 aliphatic heterocycles. The van der Waals surface area contributed by atoms with Crippen molar-refractivity contribution in [2.45, 2.75) is 18.9 Å². The minimum Gasteiger partial charge on any atom is -0.373 e. The van der Waals surface area contributed by atoms with Crippen molar-refractivity contribution in [2.24, 2.45) is 0 Å². The van der Waals surface area contributed by atoms with Gasteiger partial charge in [-0.2, -0.15) is 0 Å². The third-order valence-corrected chi connectivity index (χ3v) is 3.93. The normalized spacial score (nSPS) is 20.4. The van der Waals surface area contributed by atoms with Crippen molar-refractivity contribution >= 4 is 11.7 Å². The average molecular weight is 260 g/mol. The van der Waals surface area contributed by atoms with E-state index in [0.717, 1.165) is 43.6 Å². The lowest BCUT2D eigenvalue weighted by Gasteiger charge is -2.34. The number of pyridine rings is 1. The van der Waals surface area contributed by atoms with Gasteiger partial charge in [-0.15, -0.1) is 0 Å². The summed E-state index contributed by atoms with van der Waals surface area (Å²) in [4.78, 5) is 21.0. The summed E-state index contributed by atoms with van der Waals surface area (Å²) in [5.74, 6) is 0.858. The first-order valence-corrected chi connectivity index (χ1v) is 6.95. The molecule has 0 radical (unpaired) electrons. The molecular formula is C14H20N4O. The van der Waals surface area contributed by atoms with Crippen LogP contribution in [0.2, 0.25) is 0 Å². The Labute approximate surface area is 113 Å². The lowest BCUT2D eigenvalue weighted by atomic mass is 10.2. The zero-order valence-electron chi connectivity index (χ0n) is 11.3. The van der Waals surface area contributed by atoms with Crippen LogP contribution < -0.4 is 5.32 Å². The highest BCUT2D eigenvalue weighted by molar-refractivity contribution is 5.94. The number of hydrogen-bond acceptors (Lipinski definition) is 4. The van der Waals surface area contributed by atoms with E-state index in [-0.39, 0.29) is 5.91 Å². The van der Waals surface area contributed by atoms with E-state index in [9.17, 15) is 4.79 Å². The van der Waals surface area contributed by atoms with E-state index in [2.05, 4.69) is 15.2 Å². The zero-order valence-corrected chi connectivity index (χ0v) is 11.3. The van der Waals surface area contributed by atoms with E-state index in [4.69, 9.17) is 0 Å². The molecule has 2 fully saturated rings. The van der Waals surface area contributed by atoms with Crippen LogP contribution in [0.5, 0.6) is 0 Å². The second-order valence-corrected chi connectivity index (χ2v) is 5.24. The van der Waals surface area contributed by atoms with Gasteiger partial charge in [0, 0.05) is 51.0 Å². The van der Waals surface area contributed by atoms with Crippen molar-refractivity contribution in [2.75, 3.05) is 38.5 Å². The monoisotopic (exact) mass is 260 g/mol. The van der Waals surface area contributed by atoms with E-state index < -0.39 is 0 Å². The third kappa shape index (κ3) is 2.71. The fourth-order valence-corrected chi connectivity index (χ4v) is 2.61. The number of rotatable bonds is 3. The molecule has 0 unspecified atom stereocenters. The van der Waals surface area contributed by atoms with Gasteiger partial charge in [0.05, 0.1) is 0 Å². The first kappa shape index (κ1) is 12.4. The average Bonchev–Trinajstić information content (AvgIpc) is 3.31. The van der Waals surface area contributed by atoms with Gasteiger partial charge < -0.3 is 10.2 Å². The predicted octanol–water partition coefficient (Wildman–Crippen LogP) is 1.04. The van der Waals surface area contributed by atoms with Crippen molar-refractivity contribution in [1.82, 2.24) is 14.8 Å². The topological polar surface area (TPSA) is 48.5 Å². The Morgan fingerprint density at radius 2 is 2.05 bits per heavy atom. The Morgan fingerprint density at radius 1 is 1.32 bits per heavy atom. The summed E-state index contributed by atoms with van der Waals surface area (Å²) in [6.45, 7) is 3.71. The van der Waals surface area contributed by atoms with Crippen LogP contribution >= 0.6 is 0 Å². The van der Waals surface area contributed by atoms with Crippen LogP contribution in [0.15, 0.2) is 18.3 Å². The van der Waals surface area contributed by atoms with Gasteiger partial charge in [0.1, 0.15) is 5.82 Å². The smallest absolute Gasteiger partial charge is 0.254 e. The minimum absolute atomic E-state index is 0.120. The van der Waals surface area contributed by atoms with E-state index in [0.29, 0.717) is 0 Å². The molecule has 19 heavy (non-hydrogen) atoms. The van der Waals surface area contributed by atoms with Gasteiger partial charge in [-0.3, -0.25) is 9.69 Å². The fourth-order valence-electron chi connectivity index (χ4n) is 2.61. The van der Waals surface area contributed by atoms with Crippen molar-refractivity contribution < 1.29 is 4.79 Å². The molecule has 1 N–H and O–H groups in total. The molecular weight excluding hydrogens is 240 g/mol. The molecule has 0 bridgehead atoms. The van der Waals surface area contributed by atoms with Crippen molar-refractivity contribution in [3.8, 4) is 0 Å². The third-order valence-electron chi connectivity index (χ3n) is 3.93. The molecule has 2 heterocycles. The first-order chi connectivity index (χ1) is 9.28. The van der Waals surface area contributed by atoms with E-state index in [1.165, 1.54) is 12.8 Å². The molecule has 3 rings (SSSR count). The molecule has 0 spiro atoms. The van der Waals surface area contributed by atoms with E-state index >= 15 is 0 Å². The Hall–Kier alpha value is -1.62. The summed E-state index contributed by atoms with van der Waals surface area (Å²) in [7, 11) is 1.81. The van der Waals surface area contributed by atoms with Crippen molar-refractivity contribution in [3.05, 3.63) is 23.9 Å². The van der Waals surface area contributed by atoms with Gasteiger partial charge in [0.15, 0.2) is 0 Å². The molecule has 5 heteroatoms. The summed E-state index contributed by atoms with van der Waals surface area (Å²) in [6.07, 6.45) is 4.35. The van der Waals surface area contributed by atoms with Crippen molar-refractivity contribution in [3.63, 3.8) is 0 Å². The summed E-state index contributed by atoms with van der Waals surface area (Å²) < 4.78 is 0. The number of nitrogens with one attached hydrogen (secondary N) is 1. The standard InChI is InChI=1S/C14H20N4O/c1-15-13-10-11(4-5-16-13)14(19)18-8-6-17(7-9-18)12-2-3-12/h4-5,10,12H,2-3,6-9H2,1H3,(H,15,16). The highest BCUT2D eigenvalue weighted by Gasteiger charge is 2.32. The fraction of sp³-hybridized carbons (Fsp3) is 0.571. The van der Waals surface area contributed by atoms with Crippen LogP contribution in [0.4, 0.5) is 5.82 Å². The van der Waals surface area contributed by atoms with Crippen LogP contribution in [0.3, 0.4) is 0 Å². The summed E-state index contributed by atoms with van der Waals surface area (Å²) in [6, 6.07) is 4.40. The van der Waals surface area contributed by atoms with Gasteiger partial charge in [-0.25, -0.2) is 4.98 Å². The second kappa shape index (κ2) is 5.17. The molecule has 1 aromatic rings. The van der Waals surface area contributed by atoms with Crippen LogP contribution in [-0.4, -0.2) is 60.0 Å². The van der Waals surface area contributed by atoms with Crippen LogP contribution in [0.1, 0.15) is 23.2 Å². The molecule has 1 aliphatic carbocycles. The molecule has 5 nitrogen and oxygen atoms in total. The maximum Gasteiger partial charge on any atom is 0.254 e. The highest BCUT2D eigenvalue weighted by atomic mass is 16.2. The van der Waals surface area contributed by atoms with Gasteiger partial charge in [-0.05, 0) is 25.0 Å². The molecule has 1 saturated heterocycles. The molecule has 1 saturated carbocycles. The van der Waals surface area contributed by atoms with Crippen LogP contribution in [0.25, 0.3) is 0 Å². The molecule has 0 aromatic carbocycles. The second-order valence-electron chi connectivity index (χ2n) is 5.24. The van der Waals surface area contributed by atoms with Gasteiger partial charge in [-0.1, -0.05) is 0 Å². The molecule has 1 aromatic heterocycles. The number of carbonyl (C=O) groups excluding carboxylic acids is 1. The minimum atomic E-state index is 0.120. The molecule has 0 atom stereocenters. The summed E-state index contributed by atoms with van der Waals surface area (Å²) in [5.41, 5.74) is 0.722. The largest absolute Gasteiger partial charge is 0.373 e. The molecule has 1 amide bonds. The maximum absolute atomic E-state index is 12.4. The predicted molar refractivity (Wildman–Crippen MR) is 74.3 cm³/mol. The Balaban J connectivity index is 1.63. The quantitative estimate of drug-likeness (QED) is 0.882. The lowest BCUT2D eigenvalue weighted by molar-refractivity contribution is 0.0627. The van der Waals surface area contributed by atoms with Gasteiger partial charge in [0.25, 0.3) is 5.91 Å². The first-order valence-electron chi connectivity index (χ1n) is 6.95. The van der Waals surface area contributed by atoms with E-state index in [1.54, 1.807) is 12.3 Å². The van der Waals surface area contributed by atoms with Crippen molar-refractivity contribution in [1.29, 1.82) is 0 Å². The van der Waals surface area contributed by atoms with Gasteiger partial charge in [0.2, 0.25) is 0 Å². The molecule has 2 aliphatic rings. The molecule has 102 valence electrons. The Morgan fingerprint density at radius 3 is 2.68 bits per heavy atom. The maximum atomic E-state index is 12.4. The Bertz CT molecular complexity index is 464. The number of anilines is 1. The number of hydrogen-bond donors (Lipinski definition) is 1. The van der Waals surface area contributed by atoms with E-state index in [1.807, 2.05) is 18.0 Å². The lowest BCUT2D eigenvalue weighted by Crippen LogP contribution is -2.49. The number of aromatic nitrogens is 1. The SMILES string of the molecule is CNc1cc(C(=O)N2CCN(C3CC3)CC2)ccn1. The number of piperazine rings is 1. The number of nitrogens with zero attached hydrogens (tertiary/aromatic N) is 3.